The van der Waals surface area contributed by atoms with Gasteiger partial charge in [-0.2, -0.15) is 0 Å². The molecule has 0 saturated carbocycles. The molecule has 0 bridgehead atoms. The largest absolute Gasteiger partial charge is 0.496 e. The monoisotopic (exact) mass is 208 g/mol. The number of aryl methyl sites for hydroxylation is 3. The van der Waals surface area contributed by atoms with Crippen molar-refractivity contribution in [1.82, 2.24) is 0 Å². The molecule has 0 heterocycles. The molecule has 0 aromatic heterocycles. The van der Waals surface area contributed by atoms with Crippen molar-refractivity contribution >= 4 is 5.97 Å². The summed E-state index contributed by atoms with van der Waals surface area (Å²) in [6, 6.07) is 3.95. The number of carbonyl (C=O) groups is 1. The molecule has 0 atom stereocenters. The lowest BCUT2D eigenvalue weighted by Gasteiger charge is -2.10. The van der Waals surface area contributed by atoms with E-state index in [0.717, 1.165) is 22.4 Å². The van der Waals surface area contributed by atoms with Gasteiger partial charge in [0.05, 0.1) is 7.11 Å². The average Bonchev–Trinajstić information content (AvgIpc) is 2.19. The molecule has 0 aliphatic heterocycles. The predicted octanol–water partition coefficient (Wildman–Crippen LogP) is 2.33. The molecule has 0 amide bonds. The minimum Gasteiger partial charge on any atom is -0.496 e. The Balaban J connectivity index is 2.94. The van der Waals surface area contributed by atoms with Crippen LogP contribution in [0.25, 0.3) is 0 Å². The third-order valence-electron chi connectivity index (χ3n) is 2.50. The highest BCUT2D eigenvalue weighted by atomic mass is 16.5. The van der Waals surface area contributed by atoms with Crippen LogP contribution in [0.4, 0.5) is 0 Å². The van der Waals surface area contributed by atoms with E-state index in [9.17, 15) is 4.79 Å². The average molecular weight is 208 g/mol. The summed E-state index contributed by atoms with van der Waals surface area (Å²) in [6.07, 6.45) is 0.651. The third-order valence-corrected chi connectivity index (χ3v) is 2.50. The molecule has 0 aliphatic rings. The molecule has 0 spiro atoms. The maximum absolute atomic E-state index is 10.5. The second-order valence-corrected chi connectivity index (χ2v) is 3.64. The van der Waals surface area contributed by atoms with Crippen LogP contribution in [0.5, 0.6) is 5.75 Å². The van der Waals surface area contributed by atoms with Crippen LogP contribution in [0.1, 0.15) is 23.1 Å². The van der Waals surface area contributed by atoms with Crippen molar-refractivity contribution < 1.29 is 14.6 Å². The number of carboxylic acids is 1. The second-order valence-electron chi connectivity index (χ2n) is 3.64. The van der Waals surface area contributed by atoms with Gasteiger partial charge in [-0.15, -0.1) is 0 Å². The van der Waals surface area contributed by atoms with Gasteiger partial charge in [0, 0.05) is 6.42 Å². The van der Waals surface area contributed by atoms with Crippen LogP contribution in [0.3, 0.4) is 0 Å². The van der Waals surface area contributed by atoms with Crippen molar-refractivity contribution in [1.29, 1.82) is 0 Å². The summed E-state index contributed by atoms with van der Waals surface area (Å²) in [5.74, 6) is -0.00497. The number of hydrogen-bond donors (Lipinski definition) is 1. The Kier molecular flexibility index (Phi) is 3.72. The summed E-state index contributed by atoms with van der Waals surface area (Å²) in [5.41, 5.74) is 3.28. The molecular formula is C12H16O3. The number of hydrogen-bond acceptors (Lipinski definition) is 2. The Labute approximate surface area is 89.7 Å². The number of carboxylic acid groups (broad SMARTS) is 1. The van der Waals surface area contributed by atoms with E-state index < -0.39 is 5.97 Å². The number of benzene rings is 1. The molecule has 0 saturated heterocycles. The SMILES string of the molecule is COc1cc(C)c(C)cc1CCC(=O)O. The Morgan fingerprint density at radius 3 is 2.47 bits per heavy atom. The zero-order chi connectivity index (χ0) is 11.4. The molecule has 0 unspecified atom stereocenters. The van der Waals surface area contributed by atoms with Gasteiger partial charge in [0.2, 0.25) is 0 Å². The van der Waals surface area contributed by atoms with Crippen LogP contribution >= 0.6 is 0 Å². The highest BCUT2D eigenvalue weighted by Crippen LogP contribution is 2.24. The zero-order valence-corrected chi connectivity index (χ0v) is 9.33. The van der Waals surface area contributed by atoms with E-state index in [0.29, 0.717) is 6.42 Å². The normalized spacial score (nSPS) is 10.1. The Hall–Kier alpha value is -1.51. The van der Waals surface area contributed by atoms with Gasteiger partial charge in [-0.3, -0.25) is 4.79 Å². The summed E-state index contributed by atoms with van der Waals surface area (Å²) in [7, 11) is 1.61. The fraction of sp³-hybridized carbons (Fsp3) is 0.417. The topological polar surface area (TPSA) is 46.5 Å². The van der Waals surface area contributed by atoms with Crippen LogP contribution < -0.4 is 4.74 Å². The lowest BCUT2D eigenvalue weighted by Crippen LogP contribution is -2.00. The molecule has 0 aliphatic carbocycles. The fourth-order valence-corrected chi connectivity index (χ4v) is 1.48. The highest BCUT2D eigenvalue weighted by molar-refractivity contribution is 5.67. The number of aliphatic carboxylic acids is 1. The van der Waals surface area contributed by atoms with Gasteiger partial charge in [0.15, 0.2) is 0 Å². The summed E-state index contributed by atoms with van der Waals surface area (Å²) in [6.45, 7) is 4.03. The van der Waals surface area contributed by atoms with E-state index in [1.165, 1.54) is 0 Å². The molecule has 15 heavy (non-hydrogen) atoms. The summed E-state index contributed by atoms with van der Waals surface area (Å²) in [5, 5.41) is 8.62. The van der Waals surface area contributed by atoms with Crippen molar-refractivity contribution in [3.63, 3.8) is 0 Å². The van der Waals surface area contributed by atoms with Crippen molar-refractivity contribution in [2.45, 2.75) is 26.7 Å². The molecular weight excluding hydrogens is 192 g/mol. The lowest BCUT2D eigenvalue weighted by atomic mass is 10.0. The van der Waals surface area contributed by atoms with Crippen LogP contribution in [0, 0.1) is 13.8 Å². The first-order valence-electron chi connectivity index (χ1n) is 4.90. The molecule has 1 N–H and O–H groups in total. The van der Waals surface area contributed by atoms with Crippen LogP contribution in [0.15, 0.2) is 12.1 Å². The van der Waals surface area contributed by atoms with Crippen molar-refractivity contribution in [3.05, 3.63) is 28.8 Å². The van der Waals surface area contributed by atoms with Gasteiger partial charge >= 0.3 is 5.97 Å². The first-order chi connectivity index (χ1) is 7.04. The van der Waals surface area contributed by atoms with Crippen molar-refractivity contribution in [3.8, 4) is 5.75 Å². The van der Waals surface area contributed by atoms with Gasteiger partial charge in [-0.25, -0.2) is 0 Å². The van der Waals surface area contributed by atoms with Crippen molar-refractivity contribution in [2.24, 2.45) is 0 Å². The first kappa shape index (κ1) is 11.6. The minimum absolute atomic E-state index is 0.138. The second kappa shape index (κ2) is 4.82. The van der Waals surface area contributed by atoms with Crippen LogP contribution in [0.2, 0.25) is 0 Å². The number of ether oxygens (including phenoxy) is 1. The number of rotatable bonds is 4. The number of methoxy groups -OCH3 is 1. The maximum Gasteiger partial charge on any atom is 0.303 e. The first-order valence-corrected chi connectivity index (χ1v) is 4.90. The highest BCUT2D eigenvalue weighted by Gasteiger charge is 2.07. The molecule has 0 radical (unpaired) electrons. The van der Waals surface area contributed by atoms with Crippen LogP contribution in [-0.2, 0) is 11.2 Å². The zero-order valence-electron chi connectivity index (χ0n) is 9.33. The maximum atomic E-state index is 10.5. The summed E-state index contributed by atoms with van der Waals surface area (Å²) in [4.78, 5) is 10.5. The molecule has 1 rings (SSSR count). The Bertz CT molecular complexity index is 369. The summed E-state index contributed by atoms with van der Waals surface area (Å²) < 4.78 is 5.22. The van der Waals surface area contributed by atoms with E-state index in [-0.39, 0.29) is 6.42 Å². The Morgan fingerprint density at radius 2 is 1.93 bits per heavy atom. The predicted molar refractivity (Wildman–Crippen MR) is 58.4 cm³/mol. The van der Waals surface area contributed by atoms with Crippen LogP contribution in [-0.4, -0.2) is 18.2 Å². The van der Waals surface area contributed by atoms with E-state index in [2.05, 4.69) is 0 Å². The molecule has 0 fully saturated rings. The third kappa shape index (κ3) is 2.98. The molecule has 1 aromatic carbocycles. The van der Waals surface area contributed by atoms with Gasteiger partial charge in [0.1, 0.15) is 5.75 Å². The fourth-order valence-electron chi connectivity index (χ4n) is 1.48. The quantitative estimate of drug-likeness (QED) is 0.826. The summed E-state index contributed by atoms with van der Waals surface area (Å²) >= 11 is 0. The standard InChI is InChI=1S/C12H16O3/c1-8-6-10(4-5-12(13)14)11(15-3)7-9(8)2/h6-7H,4-5H2,1-3H3,(H,13,14). The van der Waals surface area contributed by atoms with Crippen molar-refractivity contribution in [2.75, 3.05) is 7.11 Å². The lowest BCUT2D eigenvalue weighted by molar-refractivity contribution is -0.136. The van der Waals surface area contributed by atoms with E-state index >= 15 is 0 Å². The Morgan fingerprint density at radius 1 is 1.33 bits per heavy atom. The molecule has 1 aromatic rings. The van der Waals surface area contributed by atoms with Gasteiger partial charge in [0.25, 0.3) is 0 Å². The van der Waals surface area contributed by atoms with Gasteiger partial charge in [-0.1, -0.05) is 6.07 Å². The molecule has 3 nitrogen and oxygen atoms in total. The van der Waals surface area contributed by atoms with E-state index in [1.807, 2.05) is 26.0 Å². The minimum atomic E-state index is -0.782. The van der Waals surface area contributed by atoms with E-state index in [4.69, 9.17) is 9.84 Å². The van der Waals surface area contributed by atoms with E-state index in [1.54, 1.807) is 7.11 Å². The van der Waals surface area contributed by atoms with Gasteiger partial charge < -0.3 is 9.84 Å². The molecule has 3 heteroatoms. The smallest absolute Gasteiger partial charge is 0.303 e. The van der Waals surface area contributed by atoms with Gasteiger partial charge in [-0.05, 0) is 43.0 Å². The molecule has 82 valence electrons.